The molecule has 0 heterocycles. The van der Waals surface area contributed by atoms with Crippen LogP contribution in [0.3, 0.4) is 0 Å². The summed E-state index contributed by atoms with van der Waals surface area (Å²) in [5.74, 6) is 0. The lowest BCUT2D eigenvalue weighted by molar-refractivity contribution is -0.0138. The fourth-order valence-corrected chi connectivity index (χ4v) is 3.05. The van der Waals surface area contributed by atoms with E-state index in [1.165, 1.54) is 6.42 Å². The molecule has 1 fully saturated rings. The topological polar surface area (TPSA) is 84.5 Å². The van der Waals surface area contributed by atoms with Crippen molar-refractivity contribution < 1.29 is 34.6 Å². The van der Waals surface area contributed by atoms with E-state index in [1.54, 1.807) is 0 Å². The van der Waals surface area contributed by atoms with Crippen molar-refractivity contribution in [3.8, 4) is 0 Å². The second kappa shape index (κ2) is 30.5. The van der Waals surface area contributed by atoms with Gasteiger partial charge in [-0.2, -0.15) is 12.6 Å². The highest BCUT2D eigenvalue weighted by Gasteiger charge is 2.20. The molecule has 1 aliphatic carbocycles. The van der Waals surface area contributed by atoms with E-state index in [4.69, 9.17) is 28.4 Å². The second-order valence-corrected chi connectivity index (χ2v) is 8.28. The summed E-state index contributed by atoms with van der Waals surface area (Å²) in [6.45, 7) is 16.0. The summed E-state index contributed by atoms with van der Waals surface area (Å²) in [5, 5.41) is 3.35. The summed E-state index contributed by atoms with van der Waals surface area (Å²) >= 11 is 4.45. The molecule has 34 heavy (non-hydrogen) atoms. The Morgan fingerprint density at radius 3 is 1.44 bits per heavy atom. The molecular weight excluding hydrogens is 458 g/mol. The molecule has 1 rings (SSSR count). The van der Waals surface area contributed by atoms with Gasteiger partial charge in [0.2, 0.25) is 0 Å². The van der Waals surface area contributed by atoms with E-state index in [2.05, 4.69) is 38.7 Å². The predicted octanol–water partition coefficient (Wildman–Crippen LogP) is 5.14. The Balaban J connectivity index is -0.00000158. The summed E-state index contributed by atoms with van der Waals surface area (Å²) < 4.78 is 32.0. The molecule has 0 aromatic carbocycles. The third kappa shape index (κ3) is 27.7. The third-order valence-corrected chi connectivity index (χ3v) is 4.83. The number of amides is 1. The Morgan fingerprint density at radius 2 is 1.06 bits per heavy atom. The number of nitrogens with one attached hydrogen (secondary N) is 1. The molecule has 0 aromatic rings. The van der Waals surface area contributed by atoms with Gasteiger partial charge in [0.25, 0.3) is 0 Å². The van der Waals surface area contributed by atoms with E-state index in [0.717, 1.165) is 38.7 Å². The maximum absolute atomic E-state index is 11.7. The van der Waals surface area contributed by atoms with Crippen LogP contribution in [0.1, 0.15) is 74.6 Å². The normalized spacial score (nSPS) is 17.1. The molecule has 0 aliphatic heterocycles. The van der Waals surface area contributed by atoms with Gasteiger partial charge < -0.3 is 33.7 Å². The summed E-state index contributed by atoms with van der Waals surface area (Å²) in [6, 6.07) is 0.203. The Bertz CT molecular complexity index is 404. The summed E-state index contributed by atoms with van der Waals surface area (Å²) in [6.07, 6.45) is 5.89. The molecule has 0 unspecified atom stereocenters. The van der Waals surface area contributed by atoms with E-state index in [-0.39, 0.29) is 20.2 Å². The molecule has 1 N–H and O–H groups in total. The van der Waals surface area contributed by atoms with Gasteiger partial charge in [0.15, 0.2) is 0 Å². The van der Waals surface area contributed by atoms with Crippen molar-refractivity contribution in [2.24, 2.45) is 0 Å². The van der Waals surface area contributed by atoms with Crippen LogP contribution < -0.4 is 5.32 Å². The van der Waals surface area contributed by atoms with Crippen LogP contribution in [0, 0.1) is 0 Å². The largest absolute Gasteiger partial charge is 0.447 e. The van der Waals surface area contributed by atoms with Crippen LogP contribution in [-0.4, -0.2) is 90.1 Å². The summed E-state index contributed by atoms with van der Waals surface area (Å²) in [7, 11) is 0. The minimum absolute atomic E-state index is 0. The molecule has 0 aromatic heterocycles. The molecule has 0 saturated heterocycles. The number of thiol groups is 1. The molecule has 8 nitrogen and oxygen atoms in total. The monoisotopic (exact) mass is 513 g/mol. The Labute approximate surface area is 216 Å². The number of carbonyl (C=O) groups excluding carboxylic acids is 1. The minimum Gasteiger partial charge on any atom is -0.447 e. The van der Waals surface area contributed by atoms with Crippen molar-refractivity contribution in [1.82, 2.24) is 5.32 Å². The lowest BCUT2D eigenvalue weighted by Gasteiger charge is -2.26. The Kier molecular flexibility index (Phi) is 31.9. The number of hydrogen-bond acceptors (Lipinski definition) is 8. The predicted molar refractivity (Wildman–Crippen MR) is 143 cm³/mol. The first-order valence-electron chi connectivity index (χ1n) is 13.1. The van der Waals surface area contributed by atoms with Crippen molar-refractivity contribution >= 4 is 18.7 Å². The van der Waals surface area contributed by atoms with Gasteiger partial charge in [-0.05, 0) is 32.1 Å². The molecule has 0 bridgehead atoms. The van der Waals surface area contributed by atoms with Crippen LogP contribution in [0.4, 0.5) is 4.79 Å². The third-order valence-electron chi connectivity index (χ3n) is 4.32. The molecule has 0 atom stereocenters. The van der Waals surface area contributed by atoms with Crippen molar-refractivity contribution in [2.45, 2.75) is 84.4 Å². The smallest absolute Gasteiger partial charge is 0.407 e. The van der Waals surface area contributed by atoms with Gasteiger partial charge in [-0.1, -0.05) is 41.0 Å². The van der Waals surface area contributed by atoms with Gasteiger partial charge in [-0.25, -0.2) is 4.79 Å². The average molecular weight is 514 g/mol. The van der Waals surface area contributed by atoms with Crippen molar-refractivity contribution in [3.05, 3.63) is 0 Å². The quantitative estimate of drug-likeness (QED) is 0.194. The highest BCUT2D eigenvalue weighted by molar-refractivity contribution is 7.80. The first-order chi connectivity index (χ1) is 16.6. The van der Waals surface area contributed by atoms with E-state index < -0.39 is 0 Å². The van der Waals surface area contributed by atoms with Crippen molar-refractivity contribution in [2.75, 3.05) is 72.7 Å². The van der Waals surface area contributed by atoms with Crippen LogP contribution in [0.15, 0.2) is 0 Å². The SMILES string of the molecule is CC.CCC.CCCOCCOCCOCCOCCOCCOC(=O)NC1CCC(S)CC1.[HH]. The lowest BCUT2D eigenvalue weighted by Crippen LogP contribution is -2.38. The maximum atomic E-state index is 11.7. The molecule has 0 spiro atoms. The first kappa shape index (κ1) is 35.6. The van der Waals surface area contributed by atoms with Crippen molar-refractivity contribution in [3.63, 3.8) is 0 Å². The van der Waals surface area contributed by atoms with Gasteiger partial charge in [0, 0.05) is 19.3 Å². The number of rotatable bonds is 18. The Morgan fingerprint density at radius 1 is 0.706 bits per heavy atom. The van der Waals surface area contributed by atoms with Crippen LogP contribution >= 0.6 is 12.6 Å². The van der Waals surface area contributed by atoms with Gasteiger partial charge in [-0.3, -0.25) is 0 Å². The molecule has 1 saturated carbocycles. The fourth-order valence-electron chi connectivity index (χ4n) is 2.75. The number of alkyl carbamates (subject to hydrolysis) is 1. The standard InChI is InChI=1S/C20H39NO7S.C3H8.C2H6.H2/c1-2-7-23-8-9-24-10-11-25-12-13-26-14-15-27-16-17-28-20(22)21-18-3-5-19(29)6-4-18;1-3-2;1-2;/h18-19,29H,2-17H2,1H3,(H,21,22);3H2,1-2H3;1-2H3;1H. The summed E-state index contributed by atoms with van der Waals surface area (Å²) in [4.78, 5) is 11.7. The Hall–Kier alpha value is -0.580. The van der Waals surface area contributed by atoms with E-state index in [9.17, 15) is 4.79 Å². The molecule has 0 radical (unpaired) electrons. The second-order valence-electron chi connectivity index (χ2n) is 7.55. The highest BCUT2D eigenvalue weighted by atomic mass is 32.1. The van der Waals surface area contributed by atoms with Crippen LogP contribution in [0.2, 0.25) is 0 Å². The molecule has 1 aliphatic rings. The zero-order valence-corrected chi connectivity index (χ0v) is 23.4. The van der Waals surface area contributed by atoms with Crippen LogP contribution in [0.25, 0.3) is 0 Å². The highest BCUT2D eigenvalue weighted by Crippen LogP contribution is 2.22. The maximum Gasteiger partial charge on any atom is 0.407 e. The number of carbonyl (C=O) groups is 1. The van der Waals surface area contributed by atoms with Gasteiger partial charge in [-0.15, -0.1) is 0 Å². The fraction of sp³-hybridized carbons (Fsp3) is 0.960. The summed E-state index contributed by atoms with van der Waals surface area (Å²) in [5.41, 5.74) is 0. The molecule has 9 heteroatoms. The minimum atomic E-state index is -0.373. The lowest BCUT2D eigenvalue weighted by atomic mass is 9.95. The van der Waals surface area contributed by atoms with Crippen LogP contribution in [0.5, 0.6) is 0 Å². The van der Waals surface area contributed by atoms with Crippen LogP contribution in [-0.2, 0) is 28.4 Å². The number of ether oxygens (including phenoxy) is 6. The van der Waals surface area contributed by atoms with Gasteiger partial charge in [0.1, 0.15) is 6.61 Å². The first-order valence-corrected chi connectivity index (χ1v) is 13.7. The van der Waals surface area contributed by atoms with E-state index in [0.29, 0.717) is 64.7 Å². The van der Waals surface area contributed by atoms with Gasteiger partial charge >= 0.3 is 6.09 Å². The van der Waals surface area contributed by atoms with E-state index >= 15 is 0 Å². The number of hydrogen-bond donors (Lipinski definition) is 2. The zero-order chi connectivity index (χ0) is 25.7. The molecule has 1 amide bonds. The van der Waals surface area contributed by atoms with E-state index in [1.807, 2.05) is 13.8 Å². The molecule has 208 valence electrons. The molecular formula is C25H55NO7S. The zero-order valence-electron chi connectivity index (χ0n) is 22.5. The van der Waals surface area contributed by atoms with Crippen molar-refractivity contribution in [1.29, 1.82) is 0 Å². The average Bonchev–Trinajstić information content (AvgIpc) is 2.84. The van der Waals surface area contributed by atoms with Gasteiger partial charge in [0.05, 0.1) is 59.5 Å².